The van der Waals surface area contributed by atoms with Crippen LogP contribution in [0.2, 0.25) is 0 Å². The lowest BCUT2D eigenvalue weighted by atomic mass is 10.1. The Morgan fingerprint density at radius 2 is 1.68 bits per heavy atom. The van der Waals surface area contributed by atoms with Crippen molar-refractivity contribution in [1.82, 2.24) is 0 Å². The highest BCUT2D eigenvalue weighted by Crippen LogP contribution is 2.35. The predicted octanol–water partition coefficient (Wildman–Crippen LogP) is 4.43. The number of pyridine rings is 1. The monoisotopic (exact) mass is 430 g/mol. The Balaban J connectivity index is 0.000000242. The van der Waals surface area contributed by atoms with Gasteiger partial charge in [-0.1, -0.05) is 18.2 Å². The average Bonchev–Trinajstić information content (AvgIpc) is 2.99. The number of hydrogen-bond donors (Lipinski definition) is 1. The number of thiophene rings is 1. The molecule has 0 fully saturated rings. The van der Waals surface area contributed by atoms with Gasteiger partial charge in [0.2, 0.25) is 11.0 Å². The van der Waals surface area contributed by atoms with Crippen molar-refractivity contribution < 1.29 is 35.4 Å². The maximum absolute atomic E-state index is 10.7. The first-order valence-electron chi connectivity index (χ1n) is 7.85. The summed E-state index contributed by atoms with van der Waals surface area (Å²) in [5.41, 5.74) is -3.04. The molecule has 0 amide bonds. The molecule has 2 heterocycles. The molecule has 28 heavy (non-hydrogen) atoms. The third kappa shape index (κ3) is 3.62. The van der Waals surface area contributed by atoms with Crippen LogP contribution in [0.25, 0.3) is 31.2 Å². The molecule has 4 rings (SSSR count). The molecule has 1 N–H and O–H groups in total. The molecule has 0 aliphatic rings. The smallest absolute Gasteiger partial charge is 0.496 e. The van der Waals surface area contributed by atoms with E-state index in [-0.39, 0.29) is 0 Å². The fourth-order valence-corrected chi connectivity index (χ4v) is 4.07. The molecule has 0 spiro atoms. The molecule has 148 valence electrons. The van der Waals surface area contributed by atoms with Crippen LogP contribution in [0.15, 0.2) is 48.5 Å². The van der Waals surface area contributed by atoms with Crippen LogP contribution in [-0.4, -0.2) is 25.6 Å². The molecule has 0 aliphatic carbocycles. The summed E-state index contributed by atoms with van der Waals surface area (Å²) in [5.74, 6) is 0.928. The van der Waals surface area contributed by atoms with E-state index in [0.29, 0.717) is 0 Å². The average molecular weight is 430 g/mol. The van der Waals surface area contributed by atoms with Crippen LogP contribution in [0.3, 0.4) is 0 Å². The van der Waals surface area contributed by atoms with Gasteiger partial charge in [0.25, 0.3) is 0 Å². The maximum Gasteiger partial charge on any atom is 0.522 e. The molecule has 10 heteroatoms. The Labute approximate surface area is 162 Å². The number of aromatic nitrogens is 1. The number of aryl methyl sites for hydroxylation is 1. The lowest BCUT2D eigenvalue weighted by Gasteiger charge is -2.04. The highest BCUT2D eigenvalue weighted by Gasteiger charge is 2.44. The topological polar surface area (TPSA) is 67.5 Å². The second kappa shape index (κ2) is 7.19. The molecular formula is C18H15F3NO4S2+. The van der Waals surface area contributed by atoms with E-state index in [1.54, 1.807) is 7.11 Å². The highest BCUT2D eigenvalue weighted by atomic mass is 32.2. The number of ether oxygens (including phenoxy) is 1. The standard InChI is InChI=1S/C17H14NOS.CHF3O3S/c1-18-13-7-5-8-14(19-2)12(13)10-16-17(18)11-6-3-4-9-15(11)20-16;2-1(3,4)8(5,6)7/h3-10H,1-2H3;(H,5,6,7)/q+1;. The summed E-state index contributed by atoms with van der Waals surface area (Å²) in [5, 5.41) is 2.48. The second-order valence-electron chi connectivity index (χ2n) is 5.83. The van der Waals surface area contributed by atoms with Gasteiger partial charge in [0.15, 0.2) is 0 Å². The molecule has 0 unspecified atom stereocenters. The number of fused-ring (bicyclic) bond motifs is 4. The SMILES string of the molecule is COc1cccc2c1cc1sc3ccccc3c1[n+]2C.O=S(=O)(O)C(F)(F)F. The second-order valence-corrected chi connectivity index (χ2v) is 8.33. The molecule has 5 nitrogen and oxygen atoms in total. The quantitative estimate of drug-likeness (QED) is 0.276. The maximum atomic E-state index is 10.7. The summed E-state index contributed by atoms with van der Waals surface area (Å²) in [6, 6.07) is 17.0. The van der Waals surface area contributed by atoms with Crippen molar-refractivity contribution in [3.63, 3.8) is 0 Å². The van der Waals surface area contributed by atoms with Crippen molar-refractivity contribution in [3.8, 4) is 5.75 Å². The molecule has 0 radical (unpaired) electrons. The van der Waals surface area contributed by atoms with Gasteiger partial charge in [-0.15, -0.1) is 11.3 Å². The molecule has 0 aliphatic heterocycles. The lowest BCUT2D eigenvalue weighted by Crippen LogP contribution is -2.29. The van der Waals surface area contributed by atoms with Gasteiger partial charge in [-0.2, -0.15) is 26.2 Å². The molecule has 4 aromatic rings. The van der Waals surface area contributed by atoms with Crippen molar-refractivity contribution in [2.75, 3.05) is 7.11 Å². The van der Waals surface area contributed by atoms with Gasteiger partial charge in [-0.05, 0) is 24.3 Å². The Bertz CT molecular complexity index is 1280. The minimum atomic E-state index is -5.84. The summed E-state index contributed by atoms with van der Waals surface area (Å²) >= 11 is 1.83. The largest absolute Gasteiger partial charge is 0.522 e. The van der Waals surface area contributed by atoms with Gasteiger partial charge in [-0.25, -0.2) is 0 Å². The van der Waals surface area contributed by atoms with Crippen LogP contribution in [0.1, 0.15) is 0 Å². The Morgan fingerprint density at radius 3 is 2.29 bits per heavy atom. The van der Waals surface area contributed by atoms with Gasteiger partial charge in [0.1, 0.15) is 17.5 Å². The lowest BCUT2D eigenvalue weighted by molar-refractivity contribution is -0.616. The van der Waals surface area contributed by atoms with Gasteiger partial charge < -0.3 is 4.74 Å². The molecule has 2 aromatic heterocycles. The van der Waals surface area contributed by atoms with E-state index < -0.39 is 15.6 Å². The number of benzene rings is 2. The molecular weight excluding hydrogens is 415 g/mol. The van der Waals surface area contributed by atoms with Crippen LogP contribution >= 0.6 is 11.3 Å². The zero-order valence-electron chi connectivity index (χ0n) is 14.7. The first-order chi connectivity index (χ1) is 13.0. The third-order valence-electron chi connectivity index (χ3n) is 4.12. The summed E-state index contributed by atoms with van der Waals surface area (Å²) in [6.07, 6.45) is 0. The fourth-order valence-electron chi connectivity index (χ4n) is 2.89. The number of hydrogen-bond acceptors (Lipinski definition) is 4. The van der Waals surface area contributed by atoms with E-state index in [9.17, 15) is 13.2 Å². The van der Waals surface area contributed by atoms with Gasteiger partial charge >= 0.3 is 15.6 Å². The van der Waals surface area contributed by atoms with E-state index in [0.717, 1.165) is 11.1 Å². The molecule has 0 saturated heterocycles. The van der Waals surface area contributed by atoms with Crippen LogP contribution in [-0.2, 0) is 17.2 Å². The first-order valence-corrected chi connectivity index (χ1v) is 10.1. The van der Waals surface area contributed by atoms with Crippen LogP contribution in [0.5, 0.6) is 5.75 Å². The molecule has 2 aromatic carbocycles. The number of halogens is 3. The van der Waals surface area contributed by atoms with Crippen molar-refractivity contribution in [3.05, 3.63) is 48.5 Å². The van der Waals surface area contributed by atoms with Crippen LogP contribution in [0, 0.1) is 0 Å². The molecule has 0 bridgehead atoms. The first kappa shape index (κ1) is 20.3. The number of alkyl halides is 3. The third-order valence-corrected chi connectivity index (χ3v) is 5.82. The summed E-state index contributed by atoms with van der Waals surface area (Å²) < 4.78 is 67.9. The van der Waals surface area contributed by atoms with Crippen molar-refractivity contribution in [2.24, 2.45) is 7.05 Å². The Kier molecular flexibility index (Phi) is 5.22. The molecule has 0 atom stereocenters. The normalized spacial score (nSPS) is 12.2. The Hall–Kier alpha value is -2.43. The number of rotatable bonds is 1. The van der Waals surface area contributed by atoms with E-state index in [2.05, 4.69) is 48.0 Å². The predicted molar refractivity (Wildman–Crippen MR) is 102 cm³/mol. The minimum absolute atomic E-state index is 0.928. The van der Waals surface area contributed by atoms with Gasteiger partial charge in [0, 0.05) is 10.8 Å². The van der Waals surface area contributed by atoms with Gasteiger partial charge in [-0.3, -0.25) is 4.55 Å². The summed E-state index contributed by atoms with van der Waals surface area (Å²) in [4.78, 5) is 0. The van der Waals surface area contributed by atoms with Crippen LogP contribution < -0.4 is 9.30 Å². The zero-order valence-corrected chi connectivity index (χ0v) is 16.3. The number of methoxy groups -OCH3 is 1. The van der Waals surface area contributed by atoms with Gasteiger partial charge in [0.05, 0.1) is 17.9 Å². The summed E-state index contributed by atoms with van der Waals surface area (Å²) in [6.45, 7) is 0. The fraction of sp³-hybridized carbons (Fsp3) is 0.167. The van der Waals surface area contributed by atoms with E-state index in [1.165, 1.54) is 25.8 Å². The van der Waals surface area contributed by atoms with Crippen molar-refractivity contribution in [2.45, 2.75) is 5.51 Å². The number of nitrogens with zero attached hydrogens (tertiary/aromatic N) is 1. The zero-order chi connectivity index (χ0) is 20.7. The highest BCUT2D eigenvalue weighted by molar-refractivity contribution is 7.86. The summed E-state index contributed by atoms with van der Waals surface area (Å²) in [7, 11) is -1.99. The molecule has 0 saturated carbocycles. The van der Waals surface area contributed by atoms with Crippen molar-refractivity contribution in [1.29, 1.82) is 0 Å². The minimum Gasteiger partial charge on any atom is -0.496 e. The Morgan fingerprint density at radius 1 is 1.04 bits per heavy atom. The van der Waals surface area contributed by atoms with Crippen molar-refractivity contribution >= 4 is 52.7 Å². The van der Waals surface area contributed by atoms with E-state index in [4.69, 9.17) is 17.7 Å². The van der Waals surface area contributed by atoms with E-state index >= 15 is 0 Å². The van der Waals surface area contributed by atoms with Crippen LogP contribution in [0.4, 0.5) is 13.2 Å². The van der Waals surface area contributed by atoms with E-state index in [1.807, 2.05) is 23.5 Å².